The van der Waals surface area contributed by atoms with Gasteiger partial charge in [-0.05, 0) is 35.9 Å². The lowest BCUT2D eigenvalue weighted by Crippen LogP contribution is -2.36. The molecule has 0 aromatic heterocycles. The van der Waals surface area contributed by atoms with Crippen molar-refractivity contribution in [3.05, 3.63) is 59.7 Å². The van der Waals surface area contributed by atoms with Gasteiger partial charge in [0.2, 0.25) is 15.9 Å². The number of hydrogen-bond acceptors (Lipinski definition) is 4. The van der Waals surface area contributed by atoms with Crippen molar-refractivity contribution >= 4 is 15.9 Å². The number of sulfonamides is 1. The second-order valence-electron chi connectivity index (χ2n) is 6.17. The van der Waals surface area contributed by atoms with E-state index in [9.17, 15) is 39.6 Å². The maximum absolute atomic E-state index is 12.7. The molecular weight excluding hydrogens is 454 g/mol. The summed E-state index contributed by atoms with van der Waals surface area (Å²) < 4.78 is 105. The lowest BCUT2D eigenvalue weighted by molar-refractivity contribution is -0.153. The molecule has 0 atom stereocenters. The Hall–Kier alpha value is -2.80. The van der Waals surface area contributed by atoms with Crippen LogP contribution in [0.3, 0.4) is 0 Å². The van der Waals surface area contributed by atoms with Gasteiger partial charge >= 0.3 is 12.4 Å². The quantitative estimate of drug-likeness (QED) is 0.581. The average molecular weight is 470 g/mol. The van der Waals surface area contributed by atoms with Gasteiger partial charge in [0.25, 0.3) is 0 Å². The number of ether oxygens (including phenoxy) is 1. The molecule has 0 aliphatic rings. The molecular formula is C18H16F6N2O4S. The molecule has 0 bridgehead atoms. The topological polar surface area (TPSA) is 84.5 Å². The van der Waals surface area contributed by atoms with Gasteiger partial charge in [-0.1, -0.05) is 18.2 Å². The second kappa shape index (κ2) is 9.56. The minimum atomic E-state index is -4.73. The van der Waals surface area contributed by atoms with Gasteiger partial charge < -0.3 is 10.1 Å². The highest BCUT2D eigenvalue weighted by Gasteiger charge is 2.31. The Labute approximate surface area is 173 Å². The smallest absolute Gasteiger partial charge is 0.422 e. The zero-order valence-corrected chi connectivity index (χ0v) is 16.4. The zero-order valence-electron chi connectivity index (χ0n) is 15.5. The third kappa shape index (κ3) is 8.09. The molecule has 6 nitrogen and oxygen atoms in total. The summed E-state index contributed by atoms with van der Waals surface area (Å²) in [5.74, 6) is -0.797. The first-order valence-electron chi connectivity index (χ1n) is 8.48. The molecule has 0 heterocycles. The summed E-state index contributed by atoms with van der Waals surface area (Å²) in [5.41, 5.74) is -0.657. The fraction of sp³-hybridized carbons (Fsp3) is 0.278. The third-order valence-electron chi connectivity index (χ3n) is 3.71. The molecule has 2 aromatic carbocycles. The van der Waals surface area contributed by atoms with Crippen molar-refractivity contribution in [2.45, 2.75) is 23.8 Å². The normalized spacial score (nSPS) is 12.5. The van der Waals surface area contributed by atoms with Crippen LogP contribution in [0.4, 0.5) is 26.3 Å². The molecule has 2 N–H and O–H groups in total. The molecule has 0 spiro atoms. The molecule has 0 radical (unpaired) electrons. The van der Waals surface area contributed by atoms with E-state index >= 15 is 0 Å². The Kier molecular flexibility index (Phi) is 7.54. The molecule has 0 saturated carbocycles. The van der Waals surface area contributed by atoms with Crippen molar-refractivity contribution in [2.24, 2.45) is 0 Å². The van der Waals surface area contributed by atoms with Crippen molar-refractivity contribution in [2.75, 3.05) is 13.2 Å². The van der Waals surface area contributed by atoms with Crippen LogP contribution in [0.15, 0.2) is 53.4 Å². The minimum absolute atomic E-state index is 0.0266. The Balaban J connectivity index is 1.86. The predicted molar refractivity (Wildman–Crippen MR) is 96.5 cm³/mol. The highest BCUT2D eigenvalue weighted by molar-refractivity contribution is 7.89. The van der Waals surface area contributed by atoms with Gasteiger partial charge in [0.1, 0.15) is 5.75 Å². The van der Waals surface area contributed by atoms with E-state index in [4.69, 9.17) is 0 Å². The standard InChI is InChI=1S/C18H16F6N2O4S/c19-17(20,21)11-30-14-6-4-12(5-7-14)9-25-16(27)10-26-31(28,29)15-3-1-2-13(8-15)18(22,23)24/h1-8,26H,9-11H2,(H,25,27). The maximum Gasteiger partial charge on any atom is 0.422 e. The van der Waals surface area contributed by atoms with E-state index in [0.29, 0.717) is 17.7 Å². The molecule has 0 fully saturated rings. The SMILES string of the molecule is O=C(CNS(=O)(=O)c1cccc(C(F)(F)F)c1)NCc1ccc(OCC(F)(F)F)cc1. The van der Waals surface area contributed by atoms with Crippen LogP contribution in [0.1, 0.15) is 11.1 Å². The lowest BCUT2D eigenvalue weighted by Gasteiger charge is -2.11. The van der Waals surface area contributed by atoms with Crippen LogP contribution in [-0.4, -0.2) is 33.7 Å². The summed E-state index contributed by atoms with van der Waals surface area (Å²) in [5, 5.41) is 2.37. The highest BCUT2D eigenvalue weighted by atomic mass is 32.2. The van der Waals surface area contributed by atoms with E-state index in [2.05, 4.69) is 10.1 Å². The Morgan fingerprint density at radius 3 is 2.19 bits per heavy atom. The van der Waals surface area contributed by atoms with E-state index in [-0.39, 0.29) is 12.3 Å². The van der Waals surface area contributed by atoms with Gasteiger partial charge in [0.05, 0.1) is 17.0 Å². The van der Waals surface area contributed by atoms with Crippen LogP contribution in [0.5, 0.6) is 5.75 Å². The van der Waals surface area contributed by atoms with Crippen molar-refractivity contribution in [1.29, 1.82) is 0 Å². The third-order valence-corrected chi connectivity index (χ3v) is 5.11. The van der Waals surface area contributed by atoms with Crippen molar-refractivity contribution in [1.82, 2.24) is 10.0 Å². The molecule has 0 aliphatic heterocycles. The summed E-state index contributed by atoms with van der Waals surface area (Å²) >= 11 is 0. The van der Waals surface area contributed by atoms with Crippen molar-refractivity contribution in [3.63, 3.8) is 0 Å². The zero-order chi connectivity index (χ0) is 23.3. The Morgan fingerprint density at radius 2 is 1.61 bits per heavy atom. The van der Waals surface area contributed by atoms with Gasteiger partial charge in [-0.15, -0.1) is 0 Å². The Bertz CT molecular complexity index is 1000. The van der Waals surface area contributed by atoms with Crippen LogP contribution < -0.4 is 14.8 Å². The molecule has 0 aliphatic carbocycles. The molecule has 13 heteroatoms. The van der Waals surface area contributed by atoms with Gasteiger partial charge in [0, 0.05) is 6.54 Å². The van der Waals surface area contributed by atoms with Gasteiger partial charge in [-0.3, -0.25) is 4.79 Å². The van der Waals surface area contributed by atoms with Crippen molar-refractivity contribution < 1.29 is 44.3 Å². The first kappa shape index (κ1) is 24.5. The number of hydrogen-bond donors (Lipinski definition) is 2. The van der Waals surface area contributed by atoms with E-state index < -0.39 is 51.9 Å². The second-order valence-corrected chi connectivity index (χ2v) is 7.94. The van der Waals surface area contributed by atoms with Crippen LogP contribution in [0.25, 0.3) is 0 Å². The summed E-state index contributed by atoms with van der Waals surface area (Å²) in [6, 6.07) is 8.38. The minimum Gasteiger partial charge on any atom is -0.484 e. The largest absolute Gasteiger partial charge is 0.484 e. The first-order chi connectivity index (χ1) is 14.3. The number of rotatable bonds is 8. The summed E-state index contributed by atoms with van der Waals surface area (Å²) in [6.07, 6.45) is -9.20. The Morgan fingerprint density at radius 1 is 0.968 bits per heavy atom. The van der Waals surface area contributed by atoms with E-state index in [1.54, 1.807) is 0 Å². The molecule has 170 valence electrons. The fourth-order valence-electron chi connectivity index (χ4n) is 2.22. The van der Waals surface area contributed by atoms with E-state index in [1.807, 2.05) is 4.72 Å². The van der Waals surface area contributed by atoms with Gasteiger partial charge in [0.15, 0.2) is 6.61 Å². The highest BCUT2D eigenvalue weighted by Crippen LogP contribution is 2.30. The number of nitrogens with one attached hydrogen (secondary N) is 2. The molecule has 0 saturated heterocycles. The number of carbonyl (C=O) groups excluding carboxylic acids is 1. The molecule has 2 rings (SSSR count). The van der Waals surface area contributed by atoms with E-state index in [1.165, 1.54) is 24.3 Å². The van der Waals surface area contributed by atoms with Gasteiger partial charge in [-0.25, -0.2) is 13.1 Å². The summed E-state index contributed by atoms with van der Waals surface area (Å²) in [4.78, 5) is 11.2. The van der Waals surface area contributed by atoms with E-state index in [0.717, 1.165) is 12.1 Å². The number of alkyl halides is 6. The van der Waals surface area contributed by atoms with Crippen LogP contribution >= 0.6 is 0 Å². The average Bonchev–Trinajstić information content (AvgIpc) is 2.69. The van der Waals surface area contributed by atoms with Crippen LogP contribution in [-0.2, 0) is 27.5 Å². The number of carbonyl (C=O) groups is 1. The molecule has 31 heavy (non-hydrogen) atoms. The fourth-order valence-corrected chi connectivity index (χ4v) is 3.24. The molecule has 0 unspecified atom stereocenters. The maximum atomic E-state index is 12.7. The summed E-state index contributed by atoms with van der Waals surface area (Å²) in [7, 11) is -4.36. The monoisotopic (exact) mass is 470 g/mol. The predicted octanol–water partition coefficient (Wildman–Crippen LogP) is 3.24. The molecule has 1 amide bonds. The van der Waals surface area contributed by atoms with Crippen LogP contribution in [0, 0.1) is 0 Å². The number of halogens is 6. The van der Waals surface area contributed by atoms with Crippen LogP contribution in [0.2, 0.25) is 0 Å². The van der Waals surface area contributed by atoms with Crippen molar-refractivity contribution in [3.8, 4) is 5.75 Å². The number of amides is 1. The molecule has 2 aromatic rings. The van der Waals surface area contributed by atoms with Gasteiger partial charge in [-0.2, -0.15) is 26.3 Å². The lowest BCUT2D eigenvalue weighted by atomic mass is 10.2. The summed E-state index contributed by atoms with van der Waals surface area (Å²) in [6.45, 7) is -2.25. The first-order valence-corrected chi connectivity index (χ1v) is 9.97. The number of benzene rings is 2.